The molecule has 0 radical (unpaired) electrons. The van der Waals surface area contributed by atoms with Crippen molar-refractivity contribution in [3.05, 3.63) is 28.5 Å². The van der Waals surface area contributed by atoms with Crippen LogP contribution in [-0.4, -0.2) is 53.2 Å². The normalized spacial score (nSPS) is 18.1. The van der Waals surface area contributed by atoms with Gasteiger partial charge in [0.25, 0.3) is 0 Å². The van der Waals surface area contributed by atoms with Crippen LogP contribution in [0.3, 0.4) is 0 Å². The number of urea groups is 1. The fraction of sp³-hybridized carbons (Fsp3) is 0.529. The molecule has 0 spiro atoms. The molecule has 1 heterocycles. The van der Waals surface area contributed by atoms with E-state index in [-0.39, 0.29) is 17.8 Å². The highest BCUT2D eigenvalue weighted by Gasteiger charge is 2.32. The summed E-state index contributed by atoms with van der Waals surface area (Å²) in [6.45, 7) is 8.36. The molecule has 6 nitrogen and oxygen atoms in total. The quantitative estimate of drug-likeness (QED) is 0.751. The van der Waals surface area contributed by atoms with Crippen molar-refractivity contribution in [1.29, 1.82) is 0 Å². The summed E-state index contributed by atoms with van der Waals surface area (Å²) in [5, 5.41) is 2.57. The second-order valence-corrected chi connectivity index (χ2v) is 7.94. The molecule has 0 bridgehead atoms. The number of ether oxygens (including phenoxy) is 1. The Morgan fingerprint density at radius 1 is 1.32 bits per heavy atom. The Morgan fingerprint density at radius 2 is 2.00 bits per heavy atom. The molecule has 1 saturated heterocycles. The van der Waals surface area contributed by atoms with E-state index in [0.29, 0.717) is 24.1 Å². The second-order valence-electron chi connectivity index (χ2n) is 7.02. The zero-order chi connectivity index (χ0) is 18.8. The number of benzene rings is 1. The molecule has 1 atom stereocenters. The molecule has 138 valence electrons. The number of piperazine rings is 1. The third-order valence-electron chi connectivity index (χ3n) is 3.72. The topological polar surface area (TPSA) is 61.9 Å². The highest BCUT2D eigenvalue weighted by molar-refractivity contribution is 9.10. The van der Waals surface area contributed by atoms with Gasteiger partial charge in [-0.2, -0.15) is 0 Å². The van der Waals surface area contributed by atoms with Crippen molar-refractivity contribution in [2.75, 3.05) is 25.0 Å². The number of halogens is 2. The first-order valence-corrected chi connectivity index (χ1v) is 8.87. The molecule has 1 fully saturated rings. The molecule has 3 amide bonds. The zero-order valence-electron chi connectivity index (χ0n) is 14.8. The highest BCUT2D eigenvalue weighted by Crippen LogP contribution is 2.21. The number of amides is 3. The summed E-state index contributed by atoms with van der Waals surface area (Å²) in [4.78, 5) is 27.7. The van der Waals surface area contributed by atoms with Crippen LogP contribution in [0, 0.1) is 5.82 Å². The van der Waals surface area contributed by atoms with E-state index in [2.05, 4.69) is 21.2 Å². The fourth-order valence-electron chi connectivity index (χ4n) is 2.52. The van der Waals surface area contributed by atoms with Crippen molar-refractivity contribution in [1.82, 2.24) is 9.80 Å². The van der Waals surface area contributed by atoms with E-state index >= 15 is 0 Å². The van der Waals surface area contributed by atoms with Crippen LogP contribution in [0.25, 0.3) is 0 Å². The van der Waals surface area contributed by atoms with E-state index < -0.39 is 17.4 Å². The molecule has 1 aromatic rings. The highest BCUT2D eigenvalue weighted by atomic mass is 79.9. The molecule has 2 rings (SSSR count). The van der Waals surface area contributed by atoms with E-state index in [0.717, 1.165) is 0 Å². The van der Waals surface area contributed by atoms with E-state index in [4.69, 9.17) is 4.74 Å². The Bertz CT molecular complexity index is 663. The number of hydrogen-bond donors (Lipinski definition) is 1. The number of nitrogens with zero attached hydrogens (tertiary/aromatic N) is 2. The summed E-state index contributed by atoms with van der Waals surface area (Å²) in [6.07, 6.45) is -0.390. The van der Waals surface area contributed by atoms with Crippen LogP contribution in [0.15, 0.2) is 22.7 Å². The monoisotopic (exact) mass is 415 g/mol. The lowest BCUT2D eigenvalue weighted by Crippen LogP contribution is -2.57. The average Bonchev–Trinajstić information content (AvgIpc) is 2.48. The maximum absolute atomic E-state index is 13.8. The van der Waals surface area contributed by atoms with Gasteiger partial charge in [0.05, 0.1) is 5.69 Å². The minimum Gasteiger partial charge on any atom is -0.444 e. The van der Waals surface area contributed by atoms with E-state index in [1.165, 1.54) is 12.1 Å². The van der Waals surface area contributed by atoms with Gasteiger partial charge in [-0.3, -0.25) is 0 Å². The summed E-state index contributed by atoms with van der Waals surface area (Å²) in [7, 11) is 0. The first-order valence-electron chi connectivity index (χ1n) is 8.07. The van der Waals surface area contributed by atoms with Crippen LogP contribution in [0.2, 0.25) is 0 Å². The van der Waals surface area contributed by atoms with Crippen LogP contribution in [0.5, 0.6) is 0 Å². The minimum absolute atomic E-state index is 0.121. The Balaban J connectivity index is 1.95. The number of rotatable bonds is 1. The van der Waals surface area contributed by atoms with Crippen molar-refractivity contribution in [2.24, 2.45) is 0 Å². The van der Waals surface area contributed by atoms with Gasteiger partial charge in [0, 0.05) is 30.1 Å². The second kappa shape index (κ2) is 7.59. The largest absolute Gasteiger partial charge is 0.444 e. The van der Waals surface area contributed by atoms with E-state index in [1.807, 2.05) is 27.7 Å². The summed E-state index contributed by atoms with van der Waals surface area (Å²) in [5.74, 6) is -0.511. The number of hydrogen-bond acceptors (Lipinski definition) is 3. The maximum Gasteiger partial charge on any atom is 0.410 e. The van der Waals surface area contributed by atoms with Crippen LogP contribution in [-0.2, 0) is 4.74 Å². The Labute approximate surface area is 155 Å². The molecule has 25 heavy (non-hydrogen) atoms. The molecule has 0 aliphatic carbocycles. The minimum atomic E-state index is -0.565. The third kappa shape index (κ3) is 5.32. The van der Waals surface area contributed by atoms with Gasteiger partial charge in [0.2, 0.25) is 0 Å². The first kappa shape index (κ1) is 19.5. The molecule has 1 N–H and O–H groups in total. The third-order valence-corrected chi connectivity index (χ3v) is 4.21. The summed E-state index contributed by atoms with van der Waals surface area (Å²) < 4.78 is 19.8. The van der Waals surface area contributed by atoms with Crippen LogP contribution < -0.4 is 5.32 Å². The molecule has 0 aromatic heterocycles. The number of nitrogens with one attached hydrogen (secondary N) is 1. The predicted octanol–water partition coefficient (Wildman–Crippen LogP) is 4.06. The Hall–Kier alpha value is -1.83. The smallest absolute Gasteiger partial charge is 0.410 e. The molecule has 0 unspecified atom stereocenters. The average molecular weight is 416 g/mol. The summed E-state index contributed by atoms with van der Waals surface area (Å²) in [5.41, 5.74) is -0.444. The van der Waals surface area contributed by atoms with Crippen molar-refractivity contribution < 1.29 is 18.7 Å². The van der Waals surface area contributed by atoms with Gasteiger partial charge in [-0.15, -0.1) is 0 Å². The van der Waals surface area contributed by atoms with Crippen LogP contribution in [0.1, 0.15) is 27.7 Å². The van der Waals surface area contributed by atoms with E-state index in [1.54, 1.807) is 15.9 Å². The van der Waals surface area contributed by atoms with Crippen molar-refractivity contribution in [3.63, 3.8) is 0 Å². The molecular weight excluding hydrogens is 393 g/mol. The SMILES string of the molecule is C[C@H]1CN(C(=O)Nc2ccc(Br)cc2F)CCN1C(=O)OC(C)(C)C. The molecule has 1 aromatic carbocycles. The van der Waals surface area contributed by atoms with Crippen molar-refractivity contribution in [3.8, 4) is 0 Å². The lowest BCUT2D eigenvalue weighted by atomic mass is 10.2. The molecule has 0 saturated carbocycles. The summed E-state index contributed by atoms with van der Waals surface area (Å²) in [6, 6.07) is 3.86. The Kier molecular flexibility index (Phi) is 5.92. The lowest BCUT2D eigenvalue weighted by Gasteiger charge is -2.40. The number of carbonyl (C=O) groups excluding carboxylic acids is 2. The lowest BCUT2D eigenvalue weighted by molar-refractivity contribution is 0.00589. The van der Waals surface area contributed by atoms with Crippen molar-refractivity contribution >= 4 is 33.7 Å². The maximum atomic E-state index is 13.8. The van der Waals surface area contributed by atoms with Gasteiger partial charge in [-0.05, 0) is 45.9 Å². The van der Waals surface area contributed by atoms with Crippen molar-refractivity contribution in [2.45, 2.75) is 39.3 Å². The fourth-order valence-corrected chi connectivity index (χ4v) is 2.85. The predicted molar refractivity (Wildman–Crippen MR) is 97.1 cm³/mol. The zero-order valence-corrected chi connectivity index (χ0v) is 16.4. The van der Waals surface area contributed by atoms with Gasteiger partial charge in [0.1, 0.15) is 11.4 Å². The molecule has 1 aliphatic heterocycles. The number of anilines is 1. The summed E-state index contributed by atoms with van der Waals surface area (Å²) >= 11 is 3.18. The van der Waals surface area contributed by atoms with Crippen LogP contribution in [0.4, 0.5) is 19.7 Å². The first-order chi connectivity index (χ1) is 11.6. The van der Waals surface area contributed by atoms with Gasteiger partial charge in [-0.1, -0.05) is 15.9 Å². The number of carbonyl (C=O) groups is 2. The van der Waals surface area contributed by atoms with Crippen LogP contribution >= 0.6 is 15.9 Å². The van der Waals surface area contributed by atoms with Gasteiger partial charge in [-0.25, -0.2) is 14.0 Å². The standard InChI is InChI=1S/C17H23BrFN3O3/c1-11-10-21(7-8-22(11)16(24)25-17(2,3)4)15(23)20-14-6-5-12(18)9-13(14)19/h5-6,9,11H,7-8,10H2,1-4H3,(H,20,23)/t11-/m0/s1. The van der Waals surface area contributed by atoms with Gasteiger partial charge in [0.15, 0.2) is 0 Å². The Morgan fingerprint density at radius 3 is 2.56 bits per heavy atom. The van der Waals surface area contributed by atoms with E-state index in [9.17, 15) is 14.0 Å². The van der Waals surface area contributed by atoms with Gasteiger partial charge >= 0.3 is 12.1 Å². The molecule has 8 heteroatoms. The molecule has 1 aliphatic rings. The van der Waals surface area contributed by atoms with Gasteiger partial charge < -0.3 is 19.9 Å². The molecular formula is C17H23BrFN3O3.